The van der Waals surface area contributed by atoms with Crippen LogP contribution in [0.25, 0.3) is 0 Å². The van der Waals surface area contributed by atoms with Crippen LogP contribution in [-0.4, -0.2) is 24.6 Å². The highest BCUT2D eigenvalue weighted by atomic mass is 32.2. The van der Waals surface area contributed by atoms with Gasteiger partial charge in [0.15, 0.2) is 0 Å². The molecule has 0 saturated heterocycles. The molecule has 16 heavy (non-hydrogen) atoms. The lowest BCUT2D eigenvalue weighted by Crippen LogP contribution is -2.36. The number of rotatable bonds is 8. The number of hydrogen-bond donors (Lipinski definition) is 1. The average molecular weight is 243 g/mol. The van der Waals surface area contributed by atoms with E-state index in [1.807, 2.05) is 0 Å². The third-order valence-electron chi connectivity index (χ3n) is 3.86. The molecule has 1 saturated carbocycles. The Balaban J connectivity index is 2.30. The second kappa shape index (κ2) is 8.41. The first-order valence-corrected chi connectivity index (χ1v) is 8.27. The summed E-state index contributed by atoms with van der Waals surface area (Å²) in [6, 6.07) is 0. The zero-order chi connectivity index (χ0) is 11.7. The molecule has 0 amide bonds. The third-order valence-corrected chi connectivity index (χ3v) is 4.85. The summed E-state index contributed by atoms with van der Waals surface area (Å²) in [7, 11) is 0. The van der Waals surface area contributed by atoms with E-state index in [0.29, 0.717) is 5.41 Å². The van der Waals surface area contributed by atoms with Crippen LogP contribution in [0.3, 0.4) is 0 Å². The molecule has 0 heterocycles. The fraction of sp³-hybridized carbons (Fsp3) is 1.00. The zero-order valence-corrected chi connectivity index (χ0v) is 12.0. The van der Waals surface area contributed by atoms with Crippen LogP contribution in [0.4, 0.5) is 0 Å². The molecule has 1 rings (SSSR count). The van der Waals surface area contributed by atoms with Crippen LogP contribution < -0.4 is 5.32 Å². The molecule has 1 fully saturated rings. The minimum atomic E-state index is 0.655. The summed E-state index contributed by atoms with van der Waals surface area (Å²) in [5.74, 6) is 2.64. The fourth-order valence-corrected chi connectivity index (χ4v) is 3.54. The van der Waals surface area contributed by atoms with Crippen molar-refractivity contribution in [2.75, 3.05) is 24.6 Å². The Labute approximate surface area is 106 Å². The average Bonchev–Trinajstić information content (AvgIpc) is 2.34. The van der Waals surface area contributed by atoms with Crippen molar-refractivity contribution in [3.63, 3.8) is 0 Å². The molecule has 0 spiro atoms. The quantitative estimate of drug-likeness (QED) is 0.645. The molecule has 0 aromatic heterocycles. The summed E-state index contributed by atoms with van der Waals surface area (Å²) in [4.78, 5) is 0. The maximum absolute atomic E-state index is 3.59. The summed E-state index contributed by atoms with van der Waals surface area (Å²) < 4.78 is 0. The standard InChI is InChI=1S/C14H29NS/c1-3-15-13-14(9-6-5-7-10-14)11-8-12-16-4-2/h15H,3-13H2,1-2H3. The van der Waals surface area contributed by atoms with Crippen molar-refractivity contribution in [3.05, 3.63) is 0 Å². The Morgan fingerprint density at radius 3 is 2.50 bits per heavy atom. The summed E-state index contributed by atoms with van der Waals surface area (Å²) >= 11 is 2.10. The minimum Gasteiger partial charge on any atom is -0.316 e. The Hall–Kier alpha value is 0.310. The van der Waals surface area contributed by atoms with Gasteiger partial charge in [-0.25, -0.2) is 0 Å². The predicted octanol–water partition coefficient (Wildman–Crippen LogP) is 4.08. The fourth-order valence-electron chi connectivity index (χ4n) is 2.90. The highest BCUT2D eigenvalue weighted by molar-refractivity contribution is 7.99. The lowest BCUT2D eigenvalue weighted by Gasteiger charge is -2.38. The zero-order valence-electron chi connectivity index (χ0n) is 11.2. The third kappa shape index (κ3) is 5.09. The molecule has 2 heteroatoms. The first-order valence-electron chi connectivity index (χ1n) is 7.11. The van der Waals surface area contributed by atoms with Gasteiger partial charge in [-0.1, -0.05) is 33.1 Å². The van der Waals surface area contributed by atoms with Crippen LogP contribution in [0.1, 0.15) is 58.8 Å². The summed E-state index contributed by atoms with van der Waals surface area (Å²) in [5, 5.41) is 3.59. The topological polar surface area (TPSA) is 12.0 Å². The second-order valence-corrected chi connectivity index (χ2v) is 6.54. The highest BCUT2D eigenvalue weighted by Gasteiger charge is 2.30. The van der Waals surface area contributed by atoms with Gasteiger partial charge in [-0.15, -0.1) is 0 Å². The van der Waals surface area contributed by atoms with Gasteiger partial charge < -0.3 is 5.32 Å². The summed E-state index contributed by atoms with van der Waals surface area (Å²) in [5.41, 5.74) is 0.655. The molecule has 1 nitrogen and oxygen atoms in total. The molecule has 1 aliphatic carbocycles. The van der Waals surface area contributed by atoms with Gasteiger partial charge in [0.1, 0.15) is 0 Å². The van der Waals surface area contributed by atoms with Crippen LogP contribution >= 0.6 is 11.8 Å². The number of thioether (sulfide) groups is 1. The molecule has 0 unspecified atom stereocenters. The number of nitrogens with one attached hydrogen (secondary N) is 1. The van der Waals surface area contributed by atoms with Gasteiger partial charge in [0.25, 0.3) is 0 Å². The van der Waals surface area contributed by atoms with Crippen LogP contribution in [0.15, 0.2) is 0 Å². The minimum absolute atomic E-state index is 0.655. The van der Waals surface area contributed by atoms with Crippen molar-refractivity contribution >= 4 is 11.8 Å². The molecule has 0 radical (unpaired) electrons. The lowest BCUT2D eigenvalue weighted by molar-refractivity contribution is 0.167. The molecule has 0 aromatic rings. The molecule has 0 aliphatic heterocycles. The largest absolute Gasteiger partial charge is 0.316 e. The van der Waals surface area contributed by atoms with Gasteiger partial charge in [0.05, 0.1) is 0 Å². The number of hydrogen-bond acceptors (Lipinski definition) is 2. The Morgan fingerprint density at radius 2 is 1.88 bits per heavy atom. The smallest absolute Gasteiger partial charge is 0.000769 e. The van der Waals surface area contributed by atoms with Crippen molar-refractivity contribution in [3.8, 4) is 0 Å². The molecule has 0 aromatic carbocycles. The predicted molar refractivity (Wildman–Crippen MR) is 76.3 cm³/mol. The molecule has 1 aliphatic rings. The summed E-state index contributed by atoms with van der Waals surface area (Å²) in [6.07, 6.45) is 10.2. The Kier molecular flexibility index (Phi) is 7.55. The maximum Gasteiger partial charge on any atom is 0.000769 e. The van der Waals surface area contributed by atoms with Crippen molar-refractivity contribution < 1.29 is 0 Å². The van der Waals surface area contributed by atoms with E-state index in [2.05, 4.69) is 30.9 Å². The van der Waals surface area contributed by atoms with Gasteiger partial charge in [-0.2, -0.15) is 11.8 Å². The molecule has 0 bridgehead atoms. The first-order chi connectivity index (χ1) is 7.83. The first kappa shape index (κ1) is 14.4. The molecule has 1 N–H and O–H groups in total. The molecule has 96 valence electrons. The van der Waals surface area contributed by atoms with Crippen molar-refractivity contribution in [1.29, 1.82) is 0 Å². The van der Waals surface area contributed by atoms with Crippen LogP contribution in [0.2, 0.25) is 0 Å². The summed E-state index contributed by atoms with van der Waals surface area (Å²) in [6.45, 7) is 6.88. The van der Waals surface area contributed by atoms with E-state index in [0.717, 1.165) is 6.54 Å². The van der Waals surface area contributed by atoms with E-state index in [1.165, 1.54) is 63.0 Å². The van der Waals surface area contributed by atoms with Crippen molar-refractivity contribution in [1.82, 2.24) is 5.32 Å². The van der Waals surface area contributed by atoms with E-state index < -0.39 is 0 Å². The van der Waals surface area contributed by atoms with Gasteiger partial charge in [0, 0.05) is 6.54 Å². The van der Waals surface area contributed by atoms with Crippen LogP contribution in [-0.2, 0) is 0 Å². The second-order valence-electron chi connectivity index (χ2n) is 5.14. The Bertz CT molecular complexity index is 164. The monoisotopic (exact) mass is 243 g/mol. The normalized spacial score (nSPS) is 19.9. The Morgan fingerprint density at radius 1 is 1.12 bits per heavy atom. The van der Waals surface area contributed by atoms with E-state index in [9.17, 15) is 0 Å². The van der Waals surface area contributed by atoms with E-state index in [4.69, 9.17) is 0 Å². The highest BCUT2D eigenvalue weighted by Crippen LogP contribution is 2.39. The molecular weight excluding hydrogens is 214 g/mol. The SMILES string of the molecule is CCNCC1(CCCSCC)CCCCC1. The maximum atomic E-state index is 3.59. The van der Waals surface area contributed by atoms with Gasteiger partial charge in [-0.05, 0) is 49.1 Å². The van der Waals surface area contributed by atoms with Gasteiger partial charge in [-0.3, -0.25) is 0 Å². The lowest BCUT2D eigenvalue weighted by atomic mass is 9.71. The van der Waals surface area contributed by atoms with Crippen molar-refractivity contribution in [2.45, 2.75) is 58.8 Å². The molecular formula is C14H29NS. The van der Waals surface area contributed by atoms with Crippen molar-refractivity contribution in [2.24, 2.45) is 5.41 Å². The molecule has 0 atom stereocenters. The van der Waals surface area contributed by atoms with Crippen LogP contribution in [0, 0.1) is 5.41 Å². The van der Waals surface area contributed by atoms with E-state index in [-0.39, 0.29) is 0 Å². The van der Waals surface area contributed by atoms with Gasteiger partial charge >= 0.3 is 0 Å². The van der Waals surface area contributed by atoms with Gasteiger partial charge in [0.2, 0.25) is 0 Å². The van der Waals surface area contributed by atoms with E-state index in [1.54, 1.807) is 0 Å². The van der Waals surface area contributed by atoms with Crippen LogP contribution in [0.5, 0.6) is 0 Å². The van der Waals surface area contributed by atoms with E-state index >= 15 is 0 Å².